The van der Waals surface area contributed by atoms with Crippen LogP contribution in [0.15, 0.2) is 11.5 Å². The second-order valence-corrected chi connectivity index (χ2v) is 2.41. The van der Waals surface area contributed by atoms with E-state index in [0.717, 1.165) is 0 Å². The fourth-order valence-corrected chi connectivity index (χ4v) is 0.877. The van der Waals surface area contributed by atoms with Gasteiger partial charge >= 0.3 is 0 Å². The predicted octanol–water partition coefficient (Wildman–Crippen LogP) is -2.18. The molecule has 0 saturated heterocycles. The molecule has 1 rings (SSSR count). The van der Waals surface area contributed by atoms with Crippen LogP contribution in [0.4, 0.5) is 0 Å². The molecule has 6 heteroatoms. The van der Waals surface area contributed by atoms with Gasteiger partial charge in [0.05, 0.1) is 0 Å². The highest BCUT2D eigenvalue weighted by molar-refractivity contribution is 5.11. The van der Waals surface area contributed by atoms with Gasteiger partial charge < -0.3 is 30.3 Å². The lowest BCUT2D eigenvalue weighted by Crippen LogP contribution is -2.44. The number of hydrogen-bond donors (Lipinski definition) is 5. The molecule has 0 aromatic rings. The summed E-state index contributed by atoms with van der Waals surface area (Å²) in [6, 6.07) is 0. The fraction of sp³-hybridized carbons (Fsp3) is 0.667. The zero-order valence-corrected chi connectivity index (χ0v) is 6.08. The zero-order valence-electron chi connectivity index (χ0n) is 6.08. The van der Waals surface area contributed by atoms with E-state index < -0.39 is 30.9 Å². The lowest BCUT2D eigenvalue weighted by molar-refractivity contribution is -0.190. The van der Waals surface area contributed by atoms with Crippen molar-refractivity contribution < 1.29 is 30.3 Å². The maximum absolute atomic E-state index is 9.01. The first kappa shape index (κ1) is 9.27. The minimum atomic E-state index is -1.63. The first-order valence-electron chi connectivity index (χ1n) is 3.31. The quantitative estimate of drug-likeness (QED) is 0.312. The molecule has 0 unspecified atom stereocenters. The third kappa shape index (κ3) is 1.37. The van der Waals surface area contributed by atoms with Gasteiger partial charge in [0, 0.05) is 0 Å². The summed E-state index contributed by atoms with van der Waals surface area (Å²) in [5.74, 6) is -0.990. The Balaban J connectivity index is 2.87. The van der Waals surface area contributed by atoms with Crippen LogP contribution >= 0.6 is 0 Å². The molecule has 12 heavy (non-hydrogen) atoms. The highest BCUT2D eigenvalue weighted by Crippen LogP contribution is 2.21. The summed E-state index contributed by atoms with van der Waals surface area (Å²) in [5.41, 5.74) is 0. The maximum atomic E-state index is 9.01. The Bertz CT molecular complexity index is 200. The Morgan fingerprint density at radius 1 is 1.25 bits per heavy atom. The average Bonchev–Trinajstić information content (AvgIpc) is 2.08. The van der Waals surface area contributed by atoms with Crippen molar-refractivity contribution in [3.63, 3.8) is 0 Å². The van der Waals surface area contributed by atoms with E-state index in [-0.39, 0.29) is 5.76 Å². The van der Waals surface area contributed by atoms with Crippen LogP contribution in [-0.4, -0.2) is 50.6 Å². The highest BCUT2D eigenvalue weighted by Gasteiger charge is 2.36. The number of ether oxygens (including phenoxy) is 1. The topological polar surface area (TPSA) is 110 Å². The van der Waals surface area contributed by atoms with Crippen molar-refractivity contribution in [2.75, 3.05) is 6.61 Å². The van der Waals surface area contributed by atoms with Gasteiger partial charge in [-0.15, -0.1) is 0 Å². The van der Waals surface area contributed by atoms with Gasteiger partial charge in [-0.2, -0.15) is 0 Å². The maximum Gasteiger partial charge on any atom is 0.226 e. The number of rotatable bonds is 1. The number of hydrogen-bond acceptors (Lipinski definition) is 6. The normalized spacial score (nSPS) is 36.5. The average molecular weight is 178 g/mol. The van der Waals surface area contributed by atoms with Crippen LogP contribution in [0.25, 0.3) is 0 Å². The molecule has 0 spiro atoms. The summed E-state index contributed by atoms with van der Waals surface area (Å²) in [6.07, 6.45) is -4.84. The fourth-order valence-electron chi connectivity index (χ4n) is 0.877. The molecular formula is C6H10O6. The molecule has 6 nitrogen and oxygen atoms in total. The van der Waals surface area contributed by atoms with Crippen molar-refractivity contribution in [3.05, 3.63) is 11.5 Å². The van der Waals surface area contributed by atoms with E-state index in [1.54, 1.807) is 0 Å². The van der Waals surface area contributed by atoms with Crippen LogP contribution < -0.4 is 0 Å². The van der Waals surface area contributed by atoms with Crippen LogP contribution in [0.3, 0.4) is 0 Å². The van der Waals surface area contributed by atoms with Crippen LogP contribution in [0, 0.1) is 0 Å². The van der Waals surface area contributed by atoms with Gasteiger partial charge in [-0.05, 0) is 0 Å². The van der Waals surface area contributed by atoms with Gasteiger partial charge in [0.2, 0.25) is 6.29 Å². The van der Waals surface area contributed by atoms with Gasteiger partial charge in [-0.25, -0.2) is 0 Å². The largest absolute Gasteiger partial charge is 0.506 e. The molecule has 0 fully saturated rings. The molecule has 1 aliphatic rings. The van der Waals surface area contributed by atoms with E-state index in [0.29, 0.717) is 0 Å². The molecule has 70 valence electrons. The van der Waals surface area contributed by atoms with Gasteiger partial charge in [-0.1, -0.05) is 0 Å². The van der Waals surface area contributed by atoms with Crippen molar-refractivity contribution in [2.24, 2.45) is 0 Å². The predicted molar refractivity (Wildman–Crippen MR) is 35.8 cm³/mol. The summed E-state index contributed by atoms with van der Waals surface area (Å²) in [7, 11) is 0. The van der Waals surface area contributed by atoms with Crippen LogP contribution in [-0.2, 0) is 4.74 Å². The van der Waals surface area contributed by atoms with E-state index in [2.05, 4.69) is 4.74 Å². The molecule has 0 aliphatic carbocycles. The van der Waals surface area contributed by atoms with Crippen molar-refractivity contribution in [3.8, 4) is 0 Å². The number of aliphatic hydroxyl groups is 5. The minimum absolute atomic E-state index is 0.333. The van der Waals surface area contributed by atoms with E-state index in [1.807, 2.05) is 0 Å². The van der Waals surface area contributed by atoms with Crippen LogP contribution in [0.1, 0.15) is 0 Å². The standard InChI is InChI=1S/C6H10O6/c7-1-2-3(8)4(9)5(10)6(11)12-2/h4-11H,1H2/t4-,5-,6+/m0/s1. The molecule has 1 heterocycles. The second-order valence-electron chi connectivity index (χ2n) is 2.41. The van der Waals surface area contributed by atoms with E-state index in [4.69, 9.17) is 25.5 Å². The van der Waals surface area contributed by atoms with E-state index in [1.165, 1.54) is 0 Å². The molecule has 0 aromatic carbocycles. The first-order chi connectivity index (χ1) is 5.57. The molecular weight excluding hydrogens is 168 g/mol. The van der Waals surface area contributed by atoms with Gasteiger partial charge in [0.15, 0.2) is 11.5 Å². The van der Waals surface area contributed by atoms with Crippen molar-refractivity contribution in [1.29, 1.82) is 0 Å². The van der Waals surface area contributed by atoms with Crippen LogP contribution in [0.5, 0.6) is 0 Å². The Kier molecular flexibility index (Phi) is 2.53. The lowest BCUT2D eigenvalue weighted by Gasteiger charge is -2.29. The third-order valence-corrected chi connectivity index (χ3v) is 1.59. The summed E-state index contributed by atoms with van der Waals surface area (Å²) >= 11 is 0. The summed E-state index contributed by atoms with van der Waals surface area (Å²) in [4.78, 5) is 0. The molecule has 0 aromatic heterocycles. The minimum Gasteiger partial charge on any atom is -0.506 e. The Labute approximate surface area is 68.0 Å². The third-order valence-electron chi connectivity index (χ3n) is 1.59. The van der Waals surface area contributed by atoms with Gasteiger partial charge in [0.1, 0.15) is 18.8 Å². The zero-order chi connectivity index (χ0) is 9.30. The monoisotopic (exact) mass is 178 g/mol. The molecule has 5 N–H and O–H groups in total. The molecule has 0 amide bonds. The SMILES string of the molecule is OCC1=C(O)[C@H](O)[C@H](O)[C@H](O)O1. The van der Waals surface area contributed by atoms with Crippen molar-refractivity contribution >= 4 is 0 Å². The molecule has 1 aliphatic heterocycles. The molecule has 0 bridgehead atoms. The summed E-state index contributed by atoms with van der Waals surface area (Å²) in [6.45, 7) is -0.646. The van der Waals surface area contributed by atoms with E-state index >= 15 is 0 Å². The summed E-state index contributed by atoms with van der Waals surface area (Å²) < 4.78 is 4.46. The van der Waals surface area contributed by atoms with Gasteiger partial charge in [-0.3, -0.25) is 0 Å². The first-order valence-corrected chi connectivity index (χ1v) is 3.31. The van der Waals surface area contributed by atoms with E-state index in [9.17, 15) is 0 Å². The molecule has 0 saturated carbocycles. The molecule has 3 atom stereocenters. The van der Waals surface area contributed by atoms with Gasteiger partial charge in [0.25, 0.3) is 0 Å². The smallest absolute Gasteiger partial charge is 0.226 e. The van der Waals surface area contributed by atoms with Crippen molar-refractivity contribution in [2.45, 2.75) is 18.5 Å². The highest BCUT2D eigenvalue weighted by atomic mass is 16.6. The Hall–Kier alpha value is -0.820. The number of aliphatic hydroxyl groups excluding tert-OH is 5. The lowest BCUT2D eigenvalue weighted by atomic mass is 10.1. The second kappa shape index (κ2) is 3.28. The summed E-state index contributed by atoms with van der Waals surface area (Å²) in [5, 5.41) is 44.4. The van der Waals surface area contributed by atoms with Crippen molar-refractivity contribution in [1.82, 2.24) is 0 Å². The Morgan fingerprint density at radius 3 is 2.33 bits per heavy atom. The van der Waals surface area contributed by atoms with Crippen LogP contribution in [0.2, 0.25) is 0 Å². The molecule has 0 radical (unpaired) electrons. The Morgan fingerprint density at radius 2 is 1.83 bits per heavy atom.